The van der Waals surface area contributed by atoms with Crippen molar-refractivity contribution in [3.05, 3.63) is 0 Å². The SMILES string of the molecule is CCCCCCCCCCCC[C@@H](O)[C@H]1CC[C@@H]([C@H](O)CCCCC[C@H](O)CCCC[C@H](O)C[C@H]2C[C@H](C)OC2=O)O1. The molecule has 8 atom stereocenters. The lowest BCUT2D eigenvalue weighted by molar-refractivity contribution is -0.144. The summed E-state index contributed by atoms with van der Waals surface area (Å²) >= 11 is 0. The predicted molar refractivity (Wildman–Crippen MR) is 168 cm³/mol. The molecule has 4 N–H and O–H groups in total. The molecule has 0 aromatic heterocycles. The molecule has 0 radical (unpaired) electrons. The molecule has 0 amide bonds. The van der Waals surface area contributed by atoms with Gasteiger partial charge in [-0.1, -0.05) is 103 Å². The summed E-state index contributed by atoms with van der Waals surface area (Å²) in [5.41, 5.74) is 0. The van der Waals surface area contributed by atoms with Gasteiger partial charge in [-0.25, -0.2) is 0 Å². The molecule has 0 aliphatic carbocycles. The molecule has 2 aliphatic heterocycles. The summed E-state index contributed by atoms with van der Waals surface area (Å²) in [6.45, 7) is 4.14. The van der Waals surface area contributed by atoms with Crippen molar-refractivity contribution in [2.75, 3.05) is 0 Å². The largest absolute Gasteiger partial charge is 0.462 e. The molecule has 0 spiro atoms. The van der Waals surface area contributed by atoms with Crippen LogP contribution in [-0.2, 0) is 14.3 Å². The minimum Gasteiger partial charge on any atom is -0.462 e. The minimum atomic E-state index is -0.483. The third-order valence-corrected chi connectivity index (χ3v) is 9.48. The first-order valence-corrected chi connectivity index (χ1v) is 17.9. The topological polar surface area (TPSA) is 116 Å². The van der Waals surface area contributed by atoms with Gasteiger partial charge in [-0.15, -0.1) is 0 Å². The number of carbonyl (C=O) groups is 1. The average molecular weight is 599 g/mol. The first-order chi connectivity index (χ1) is 20.3. The van der Waals surface area contributed by atoms with Gasteiger partial charge < -0.3 is 29.9 Å². The van der Waals surface area contributed by atoms with Gasteiger partial charge in [-0.05, 0) is 64.7 Å². The molecule has 42 heavy (non-hydrogen) atoms. The summed E-state index contributed by atoms with van der Waals surface area (Å²) in [6, 6.07) is 0. The summed E-state index contributed by atoms with van der Waals surface area (Å²) in [5, 5.41) is 41.7. The molecular weight excluding hydrogens is 532 g/mol. The first kappa shape index (κ1) is 37.5. The molecule has 2 aliphatic rings. The van der Waals surface area contributed by atoms with Gasteiger partial charge in [-0.2, -0.15) is 0 Å². The molecule has 2 rings (SSSR count). The lowest BCUT2D eigenvalue weighted by atomic mass is 9.95. The highest BCUT2D eigenvalue weighted by molar-refractivity contribution is 5.74. The van der Waals surface area contributed by atoms with Crippen LogP contribution in [0.15, 0.2) is 0 Å². The van der Waals surface area contributed by atoms with E-state index in [4.69, 9.17) is 9.47 Å². The van der Waals surface area contributed by atoms with E-state index in [1.807, 2.05) is 6.92 Å². The van der Waals surface area contributed by atoms with Crippen LogP contribution in [0.1, 0.15) is 168 Å². The lowest BCUT2D eigenvalue weighted by Crippen LogP contribution is -2.31. The number of rotatable bonds is 26. The Morgan fingerprint density at radius 3 is 1.57 bits per heavy atom. The number of carbonyl (C=O) groups excluding carboxylic acids is 1. The molecule has 2 saturated heterocycles. The number of esters is 1. The summed E-state index contributed by atoms with van der Waals surface area (Å²) < 4.78 is 11.2. The van der Waals surface area contributed by atoms with E-state index in [2.05, 4.69) is 6.92 Å². The fourth-order valence-corrected chi connectivity index (χ4v) is 6.76. The van der Waals surface area contributed by atoms with Gasteiger partial charge in [0.1, 0.15) is 0 Å². The quantitative estimate of drug-likeness (QED) is 0.0618. The van der Waals surface area contributed by atoms with E-state index in [1.165, 1.54) is 57.8 Å². The monoisotopic (exact) mass is 598 g/mol. The Morgan fingerprint density at radius 2 is 1.07 bits per heavy atom. The van der Waals surface area contributed by atoms with Crippen molar-refractivity contribution in [1.82, 2.24) is 0 Å². The molecule has 0 aromatic carbocycles. The van der Waals surface area contributed by atoms with E-state index in [1.54, 1.807) is 0 Å². The molecule has 0 aromatic rings. The molecule has 0 bridgehead atoms. The van der Waals surface area contributed by atoms with E-state index in [0.717, 1.165) is 70.6 Å². The van der Waals surface area contributed by atoms with Gasteiger partial charge in [-0.3, -0.25) is 4.79 Å². The first-order valence-electron chi connectivity index (χ1n) is 17.9. The highest BCUT2D eigenvalue weighted by Crippen LogP contribution is 2.29. The minimum absolute atomic E-state index is 0.0422. The van der Waals surface area contributed by atoms with Gasteiger partial charge in [0.05, 0.1) is 48.6 Å². The zero-order chi connectivity index (χ0) is 30.6. The van der Waals surface area contributed by atoms with E-state index in [9.17, 15) is 25.2 Å². The van der Waals surface area contributed by atoms with Crippen molar-refractivity contribution in [2.24, 2.45) is 5.92 Å². The molecule has 0 saturated carbocycles. The standard InChI is InChI=1S/C35H66O7/c1-3-4-5-6-7-8-9-10-11-14-21-31(38)33-23-24-34(42-33)32(39)22-15-12-13-18-29(36)19-16-17-20-30(37)26-28-25-27(2)41-35(28)40/h27-34,36-39H,3-26H2,1-2H3/t27-,28+,29-,30-,31+,32+,33+,34-/m0/s1. The number of cyclic esters (lactones) is 1. The van der Waals surface area contributed by atoms with Crippen molar-refractivity contribution in [2.45, 2.75) is 211 Å². The van der Waals surface area contributed by atoms with E-state index in [-0.39, 0.29) is 36.3 Å². The fraction of sp³-hybridized carbons (Fsp3) is 0.971. The van der Waals surface area contributed by atoms with E-state index >= 15 is 0 Å². The second kappa shape index (κ2) is 22.7. The maximum Gasteiger partial charge on any atom is 0.309 e. The van der Waals surface area contributed by atoms with Crippen LogP contribution in [0.2, 0.25) is 0 Å². The smallest absolute Gasteiger partial charge is 0.309 e. The second-order valence-electron chi connectivity index (χ2n) is 13.5. The Balaban J connectivity index is 1.40. The van der Waals surface area contributed by atoms with Crippen LogP contribution < -0.4 is 0 Å². The van der Waals surface area contributed by atoms with E-state index in [0.29, 0.717) is 25.7 Å². The number of aliphatic hydroxyl groups excluding tert-OH is 4. The fourth-order valence-electron chi connectivity index (χ4n) is 6.76. The van der Waals surface area contributed by atoms with Gasteiger partial charge in [0.15, 0.2) is 0 Å². The molecule has 7 heteroatoms. The molecule has 0 unspecified atom stereocenters. The highest BCUT2D eigenvalue weighted by atomic mass is 16.6. The Bertz CT molecular complexity index is 674. The van der Waals surface area contributed by atoms with Gasteiger partial charge in [0.25, 0.3) is 0 Å². The predicted octanol–water partition coefficient (Wildman–Crippen LogP) is 7.14. The van der Waals surface area contributed by atoms with Crippen LogP contribution >= 0.6 is 0 Å². The molecular formula is C35H66O7. The van der Waals surface area contributed by atoms with E-state index < -0.39 is 18.3 Å². The number of ether oxygens (including phenoxy) is 2. The van der Waals surface area contributed by atoms with Crippen LogP contribution in [0.25, 0.3) is 0 Å². The third kappa shape index (κ3) is 16.4. The third-order valence-electron chi connectivity index (χ3n) is 9.48. The van der Waals surface area contributed by atoms with Crippen LogP contribution in [0.5, 0.6) is 0 Å². The Kier molecular flexibility index (Phi) is 20.3. The summed E-state index contributed by atoms with van der Waals surface area (Å²) in [7, 11) is 0. The Labute approximate surface area is 257 Å². The Morgan fingerprint density at radius 1 is 0.643 bits per heavy atom. The zero-order valence-corrected chi connectivity index (χ0v) is 27.1. The summed E-state index contributed by atoms with van der Waals surface area (Å²) in [6.07, 6.45) is 21.9. The van der Waals surface area contributed by atoms with Crippen LogP contribution in [0.4, 0.5) is 0 Å². The van der Waals surface area contributed by atoms with Crippen molar-refractivity contribution in [3.8, 4) is 0 Å². The van der Waals surface area contributed by atoms with Gasteiger partial charge in [0, 0.05) is 0 Å². The van der Waals surface area contributed by atoms with Crippen molar-refractivity contribution in [1.29, 1.82) is 0 Å². The maximum absolute atomic E-state index is 11.7. The average Bonchev–Trinajstić information content (AvgIpc) is 3.58. The normalized spacial score (nSPS) is 25.4. The van der Waals surface area contributed by atoms with Crippen molar-refractivity contribution in [3.63, 3.8) is 0 Å². The van der Waals surface area contributed by atoms with Crippen molar-refractivity contribution < 1.29 is 34.7 Å². The number of hydrogen-bond acceptors (Lipinski definition) is 7. The summed E-state index contributed by atoms with van der Waals surface area (Å²) in [5.74, 6) is -0.357. The second-order valence-corrected chi connectivity index (χ2v) is 13.5. The molecule has 2 fully saturated rings. The lowest BCUT2D eigenvalue weighted by Gasteiger charge is -2.22. The molecule has 7 nitrogen and oxygen atoms in total. The van der Waals surface area contributed by atoms with Crippen molar-refractivity contribution >= 4 is 5.97 Å². The Hall–Kier alpha value is -0.730. The zero-order valence-electron chi connectivity index (χ0n) is 27.1. The van der Waals surface area contributed by atoms with Crippen LogP contribution in [0.3, 0.4) is 0 Å². The van der Waals surface area contributed by atoms with Gasteiger partial charge >= 0.3 is 5.97 Å². The van der Waals surface area contributed by atoms with Crippen LogP contribution in [0, 0.1) is 5.92 Å². The van der Waals surface area contributed by atoms with Crippen LogP contribution in [-0.4, -0.2) is 69.1 Å². The number of aliphatic hydroxyl groups is 4. The number of unbranched alkanes of at least 4 members (excludes halogenated alkanes) is 12. The maximum atomic E-state index is 11.7. The highest BCUT2D eigenvalue weighted by Gasteiger charge is 2.34. The summed E-state index contributed by atoms with van der Waals surface area (Å²) in [4.78, 5) is 11.7. The van der Waals surface area contributed by atoms with Gasteiger partial charge in [0.2, 0.25) is 0 Å². The number of hydrogen-bond donors (Lipinski definition) is 4. The molecule has 248 valence electrons. The molecule has 2 heterocycles.